The first-order chi connectivity index (χ1) is 14.1. The zero-order chi connectivity index (χ0) is 20.2. The van der Waals surface area contributed by atoms with Gasteiger partial charge in [0.05, 0.1) is 5.75 Å². The van der Waals surface area contributed by atoms with Crippen LogP contribution in [0.25, 0.3) is 22.6 Å². The van der Waals surface area contributed by atoms with E-state index in [2.05, 4.69) is 38.0 Å². The lowest BCUT2D eigenvalue weighted by Gasteiger charge is -2.22. The number of nitrogens with one attached hydrogen (secondary N) is 1. The summed E-state index contributed by atoms with van der Waals surface area (Å²) in [5.74, 6) is 1.64. The molecule has 1 N–H and O–H groups in total. The van der Waals surface area contributed by atoms with Crippen LogP contribution in [0.2, 0.25) is 0 Å². The first-order valence-corrected chi connectivity index (χ1v) is 11.6. The van der Waals surface area contributed by atoms with Crippen molar-refractivity contribution in [2.75, 3.05) is 5.75 Å². The lowest BCUT2D eigenvalue weighted by atomic mass is 9.95. The van der Waals surface area contributed by atoms with Gasteiger partial charge in [-0.1, -0.05) is 53.0 Å². The minimum atomic E-state index is 0.0465. The molecule has 1 aliphatic rings. The molecule has 0 bridgehead atoms. The Labute approximate surface area is 182 Å². The van der Waals surface area contributed by atoms with E-state index in [0.717, 1.165) is 28.3 Å². The number of amides is 1. The van der Waals surface area contributed by atoms with Gasteiger partial charge < -0.3 is 9.73 Å². The quantitative estimate of drug-likeness (QED) is 0.377. The highest BCUT2D eigenvalue weighted by atomic mass is 79.9. The Morgan fingerprint density at radius 1 is 1.31 bits per heavy atom. The average Bonchev–Trinajstić information content (AvgIpc) is 3.31. The molecule has 8 heteroatoms. The number of furan rings is 1. The molecule has 0 radical (unpaired) electrons. The summed E-state index contributed by atoms with van der Waals surface area (Å²) < 4.78 is 8.89. The van der Waals surface area contributed by atoms with Gasteiger partial charge in [0.2, 0.25) is 11.7 Å². The van der Waals surface area contributed by atoms with Gasteiger partial charge in [-0.3, -0.25) is 9.36 Å². The summed E-state index contributed by atoms with van der Waals surface area (Å²) in [6.07, 6.45) is 7.61. The van der Waals surface area contributed by atoms with E-state index in [1.807, 2.05) is 28.8 Å². The van der Waals surface area contributed by atoms with Crippen molar-refractivity contribution in [1.82, 2.24) is 20.1 Å². The predicted octanol–water partition coefficient (Wildman–Crippen LogP) is 5.18. The Balaban J connectivity index is 1.49. The highest BCUT2D eigenvalue weighted by molar-refractivity contribution is 9.10. The predicted molar refractivity (Wildman–Crippen MR) is 119 cm³/mol. The van der Waals surface area contributed by atoms with Gasteiger partial charge in [0.25, 0.3) is 0 Å². The summed E-state index contributed by atoms with van der Waals surface area (Å²) in [6, 6.07) is 8.13. The van der Waals surface area contributed by atoms with Crippen molar-refractivity contribution in [3.63, 3.8) is 0 Å². The minimum absolute atomic E-state index is 0.0465. The van der Waals surface area contributed by atoms with Gasteiger partial charge in [0.15, 0.2) is 10.9 Å². The number of halogens is 1. The topological polar surface area (TPSA) is 73.0 Å². The third-order valence-electron chi connectivity index (χ3n) is 5.03. The lowest BCUT2D eigenvalue weighted by Crippen LogP contribution is -2.37. The van der Waals surface area contributed by atoms with Crippen molar-refractivity contribution < 1.29 is 9.21 Å². The molecular formula is C21H23BrN4O2S. The van der Waals surface area contributed by atoms with Crippen LogP contribution >= 0.6 is 27.7 Å². The highest BCUT2D eigenvalue weighted by Gasteiger charge is 2.20. The summed E-state index contributed by atoms with van der Waals surface area (Å²) in [4.78, 5) is 12.3. The van der Waals surface area contributed by atoms with Crippen LogP contribution in [0.4, 0.5) is 0 Å². The Bertz CT molecular complexity index is 1020. The van der Waals surface area contributed by atoms with Crippen LogP contribution in [0.3, 0.4) is 0 Å². The molecule has 0 saturated heterocycles. The number of thioether (sulfide) groups is 1. The first kappa shape index (κ1) is 20.2. The van der Waals surface area contributed by atoms with Crippen LogP contribution in [-0.2, 0) is 11.3 Å². The van der Waals surface area contributed by atoms with E-state index in [4.69, 9.17) is 4.42 Å². The molecule has 1 aromatic carbocycles. The van der Waals surface area contributed by atoms with Crippen molar-refractivity contribution >= 4 is 44.6 Å². The SMILES string of the molecule is C=CCn1c(SCC(=O)NC2CCCCC2)nnc1-c1cc2cc(Br)ccc2o1. The van der Waals surface area contributed by atoms with Gasteiger partial charge >= 0.3 is 0 Å². The average molecular weight is 475 g/mol. The number of aromatic nitrogens is 3. The van der Waals surface area contributed by atoms with Gasteiger partial charge in [0, 0.05) is 22.4 Å². The van der Waals surface area contributed by atoms with Gasteiger partial charge in [-0.25, -0.2) is 0 Å². The number of carbonyl (C=O) groups excluding carboxylic acids is 1. The number of hydrogen-bond acceptors (Lipinski definition) is 5. The fourth-order valence-electron chi connectivity index (χ4n) is 3.64. The molecule has 1 aliphatic carbocycles. The zero-order valence-electron chi connectivity index (χ0n) is 16.1. The van der Waals surface area contributed by atoms with E-state index in [1.165, 1.54) is 31.0 Å². The van der Waals surface area contributed by atoms with Crippen molar-refractivity contribution in [1.29, 1.82) is 0 Å². The molecule has 0 aliphatic heterocycles. The van der Waals surface area contributed by atoms with Crippen molar-refractivity contribution in [3.05, 3.63) is 41.4 Å². The monoisotopic (exact) mass is 474 g/mol. The Morgan fingerprint density at radius 2 is 2.14 bits per heavy atom. The number of rotatable bonds is 7. The molecule has 4 rings (SSSR count). The van der Waals surface area contributed by atoms with Gasteiger partial charge in [-0.15, -0.1) is 16.8 Å². The maximum atomic E-state index is 12.3. The molecule has 3 aromatic rings. The maximum absolute atomic E-state index is 12.3. The number of nitrogens with zero attached hydrogens (tertiary/aromatic N) is 3. The number of allylic oxidation sites excluding steroid dienone is 1. The summed E-state index contributed by atoms with van der Waals surface area (Å²) in [5.41, 5.74) is 0.789. The number of benzene rings is 1. The summed E-state index contributed by atoms with van der Waals surface area (Å²) in [5, 5.41) is 13.4. The fourth-order valence-corrected chi connectivity index (χ4v) is 4.78. The third-order valence-corrected chi connectivity index (χ3v) is 6.49. The molecule has 1 amide bonds. The van der Waals surface area contributed by atoms with E-state index in [1.54, 1.807) is 6.08 Å². The van der Waals surface area contributed by atoms with Gasteiger partial charge in [-0.05, 0) is 37.1 Å². The molecule has 0 spiro atoms. The third kappa shape index (κ3) is 4.75. The van der Waals surface area contributed by atoms with E-state index in [-0.39, 0.29) is 5.91 Å². The van der Waals surface area contributed by atoms with Crippen molar-refractivity contribution in [2.45, 2.75) is 49.8 Å². The fraction of sp³-hybridized carbons (Fsp3) is 0.381. The first-order valence-electron chi connectivity index (χ1n) is 9.80. The maximum Gasteiger partial charge on any atom is 0.230 e. The molecule has 2 heterocycles. The highest BCUT2D eigenvalue weighted by Crippen LogP contribution is 2.31. The molecule has 0 atom stereocenters. The lowest BCUT2D eigenvalue weighted by molar-refractivity contribution is -0.119. The Hall–Kier alpha value is -2.06. The van der Waals surface area contributed by atoms with E-state index < -0.39 is 0 Å². The molecule has 152 valence electrons. The molecule has 29 heavy (non-hydrogen) atoms. The van der Waals surface area contributed by atoms with Crippen molar-refractivity contribution in [3.8, 4) is 11.6 Å². The number of fused-ring (bicyclic) bond motifs is 1. The second-order valence-corrected chi connectivity index (χ2v) is 9.05. The summed E-state index contributed by atoms with van der Waals surface area (Å²) >= 11 is 4.87. The van der Waals surface area contributed by atoms with Crippen LogP contribution in [0.5, 0.6) is 0 Å². The molecule has 1 fully saturated rings. The molecular weight excluding hydrogens is 452 g/mol. The van der Waals surface area contributed by atoms with Gasteiger partial charge in [0.1, 0.15) is 5.58 Å². The van der Waals surface area contributed by atoms with Crippen LogP contribution in [0, 0.1) is 0 Å². The van der Waals surface area contributed by atoms with Crippen molar-refractivity contribution in [2.24, 2.45) is 0 Å². The molecule has 2 aromatic heterocycles. The van der Waals surface area contributed by atoms with E-state index in [9.17, 15) is 4.79 Å². The van der Waals surface area contributed by atoms with Crippen LogP contribution in [0.15, 0.2) is 51.0 Å². The van der Waals surface area contributed by atoms with E-state index >= 15 is 0 Å². The second-order valence-electron chi connectivity index (χ2n) is 7.19. The van der Waals surface area contributed by atoms with Crippen LogP contribution < -0.4 is 5.32 Å². The van der Waals surface area contributed by atoms with Crippen LogP contribution in [-0.4, -0.2) is 32.5 Å². The van der Waals surface area contributed by atoms with Gasteiger partial charge in [-0.2, -0.15) is 0 Å². The Morgan fingerprint density at radius 3 is 2.93 bits per heavy atom. The largest absolute Gasteiger partial charge is 0.453 e. The zero-order valence-corrected chi connectivity index (χ0v) is 18.5. The Kier molecular flexibility index (Phi) is 6.40. The number of carbonyl (C=O) groups is 1. The standard InChI is InChI=1S/C21H23BrN4O2S/c1-2-10-26-20(18-12-14-11-15(22)8-9-17(14)28-18)24-25-21(26)29-13-19(27)23-16-6-4-3-5-7-16/h2,8-9,11-12,16H,1,3-7,10,13H2,(H,23,27). The minimum Gasteiger partial charge on any atom is -0.453 e. The summed E-state index contributed by atoms with van der Waals surface area (Å²) in [7, 11) is 0. The number of hydrogen-bond donors (Lipinski definition) is 1. The smallest absolute Gasteiger partial charge is 0.230 e. The van der Waals surface area contributed by atoms with E-state index in [0.29, 0.717) is 35.1 Å². The van der Waals surface area contributed by atoms with Crippen LogP contribution in [0.1, 0.15) is 32.1 Å². The summed E-state index contributed by atoms with van der Waals surface area (Å²) in [6.45, 7) is 4.37. The normalized spacial score (nSPS) is 14.9. The molecule has 6 nitrogen and oxygen atoms in total. The second kappa shape index (κ2) is 9.17. The molecule has 1 saturated carbocycles. The molecule has 0 unspecified atom stereocenters.